The highest BCUT2D eigenvalue weighted by Gasteiger charge is 2.15. The molecule has 0 aromatic heterocycles. The van der Waals surface area contributed by atoms with E-state index < -0.39 is 11.6 Å². The molecule has 1 atom stereocenters. The first-order valence-corrected chi connectivity index (χ1v) is 6.39. The van der Waals surface area contributed by atoms with Gasteiger partial charge in [0.2, 0.25) is 0 Å². The van der Waals surface area contributed by atoms with Crippen LogP contribution in [0.5, 0.6) is 0 Å². The number of alkyl halides is 1. The maximum absolute atomic E-state index is 13.6. The zero-order valence-electron chi connectivity index (χ0n) is 10.0. The van der Waals surface area contributed by atoms with Gasteiger partial charge in [0.05, 0.1) is 0 Å². The molecule has 0 radical (unpaired) electrons. The first-order chi connectivity index (χ1) is 9.11. The summed E-state index contributed by atoms with van der Waals surface area (Å²) in [6.07, 6.45) is 0.277. The number of rotatable bonds is 4. The summed E-state index contributed by atoms with van der Waals surface area (Å²) in [5.41, 5.74) is 1.08. The molecule has 1 unspecified atom stereocenters. The zero-order chi connectivity index (χ0) is 13.8. The van der Waals surface area contributed by atoms with E-state index in [0.717, 1.165) is 11.6 Å². The Bertz CT molecular complexity index is 552. The van der Waals surface area contributed by atoms with Crippen molar-refractivity contribution >= 4 is 11.6 Å². The van der Waals surface area contributed by atoms with Gasteiger partial charge in [-0.2, -0.15) is 0 Å². The van der Waals surface area contributed by atoms with Crippen molar-refractivity contribution in [2.75, 3.05) is 5.88 Å². The predicted molar refractivity (Wildman–Crippen MR) is 69.9 cm³/mol. The lowest BCUT2D eigenvalue weighted by Gasteiger charge is -2.15. The molecule has 19 heavy (non-hydrogen) atoms. The highest BCUT2D eigenvalue weighted by molar-refractivity contribution is 6.18. The smallest absolute Gasteiger partial charge is 0.162 e. The molecule has 0 N–H and O–H groups in total. The van der Waals surface area contributed by atoms with E-state index in [2.05, 4.69) is 0 Å². The lowest BCUT2D eigenvalue weighted by molar-refractivity contribution is 0.495. The second-order valence-corrected chi connectivity index (χ2v) is 4.63. The van der Waals surface area contributed by atoms with Gasteiger partial charge in [0.1, 0.15) is 5.82 Å². The molecule has 0 amide bonds. The predicted octanol–water partition coefficient (Wildman–Crippen LogP) is 4.67. The molecule has 0 saturated carbocycles. The Balaban J connectivity index is 2.24. The van der Waals surface area contributed by atoms with Crippen LogP contribution in [0.3, 0.4) is 0 Å². The van der Waals surface area contributed by atoms with Crippen molar-refractivity contribution in [1.29, 1.82) is 0 Å². The number of hydrogen-bond donors (Lipinski definition) is 0. The van der Waals surface area contributed by atoms with Gasteiger partial charge >= 0.3 is 0 Å². The van der Waals surface area contributed by atoms with Crippen LogP contribution in [0, 0.1) is 17.5 Å². The fourth-order valence-electron chi connectivity index (χ4n) is 1.97. The van der Waals surface area contributed by atoms with Crippen LogP contribution in [-0.2, 0) is 6.42 Å². The first-order valence-electron chi connectivity index (χ1n) is 5.86. The third-order valence-electron chi connectivity index (χ3n) is 3.03. The van der Waals surface area contributed by atoms with Crippen molar-refractivity contribution in [2.24, 2.45) is 0 Å². The van der Waals surface area contributed by atoms with Gasteiger partial charge in [-0.3, -0.25) is 0 Å². The summed E-state index contributed by atoms with van der Waals surface area (Å²) in [4.78, 5) is 0. The third kappa shape index (κ3) is 3.29. The lowest BCUT2D eigenvalue weighted by atomic mass is 9.93. The van der Waals surface area contributed by atoms with Gasteiger partial charge in [-0.25, -0.2) is 13.2 Å². The van der Waals surface area contributed by atoms with E-state index in [1.54, 1.807) is 12.1 Å². The van der Waals surface area contributed by atoms with Crippen molar-refractivity contribution in [3.63, 3.8) is 0 Å². The van der Waals surface area contributed by atoms with Crippen LogP contribution >= 0.6 is 11.6 Å². The molecule has 0 aliphatic heterocycles. The minimum absolute atomic E-state index is 0.182. The molecule has 100 valence electrons. The summed E-state index contributed by atoms with van der Waals surface area (Å²) in [6.45, 7) is 0. The van der Waals surface area contributed by atoms with Gasteiger partial charge < -0.3 is 0 Å². The number of halogens is 4. The molecule has 0 spiro atoms. The van der Waals surface area contributed by atoms with Gasteiger partial charge in [0.15, 0.2) is 11.6 Å². The van der Waals surface area contributed by atoms with E-state index in [9.17, 15) is 13.2 Å². The Labute approximate surface area is 114 Å². The van der Waals surface area contributed by atoms with E-state index >= 15 is 0 Å². The highest BCUT2D eigenvalue weighted by Crippen LogP contribution is 2.24. The minimum Gasteiger partial charge on any atom is -0.207 e. The Morgan fingerprint density at radius 2 is 1.63 bits per heavy atom. The van der Waals surface area contributed by atoms with Gasteiger partial charge in [0, 0.05) is 11.8 Å². The average molecular weight is 285 g/mol. The summed E-state index contributed by atoms with van der Waals surface area (Å²) >= 11 is 5.87. The molecule has 0 heterocycles. The van der Waals surface area contributed by atoms with Crippen molar-refractivity contribution in [3.05, 3.63) is 71.0 Å². The Morgan fingerprint density at radius 3 is 2.26 bits per heavy atom. The molecular weight excluding hydrogens is 273 g/mol. The zero-order valence-corrected chi connectivity index (χ0v) is 10.8. The second kappa shape index (κ2) is 6.11. The van der Waals surface area contributed by atoms with Gasteiger partial charge in [-0.15, -0.1) is 11.6 Å². The molecule has 0 fully saturated rings. The fraction of sp³-hybridized carbons (Fsp3) is 0.200. The Morgan fingerprint density at radius 1 is 0.947 bits per heavy atom. The molecule has 4 heteroatoms. The normalized spacial score (nSPS) is 12.4. The fourth-order valence-corrected chi connectivity index (χ4v) is 2.26. The average Bonchev–Trinajstić information content (AvgIpc) is 2.42. The van der Waals surface area contributed by atoms with Crippen LogP contribution < -0.4 is 0 Å². The molecule has 0 bridgehead atoms. The monoisotopic (exact) mass is 284 g/mol. The quantitative estimate of drug-likeness (QED) is 0.716. The third-order valence-corrected chi connectivity index (χ3v) is 3.40. The van der Waals surface area contributed by atoms with Crippen LogP contribution in [-0.4, -0.2) is 5.88 Å². The van der Waals surface area contributed by atoms with Crippen LogP contribution in [0.25, 0.3) is 0 Å². The lowest BCUT2D eigenvalue weighted by Crippen LogP contribution is -2.07. The molecule has 0 nitrogen and oxygen atoms in total. The SMILES string of the molecule is Fc1ccc(C(CCl)Cc2cccc(F)c2F)cc1. The second-order valence-electron chi connectivity index (χ2n) is 4.32. The van der Waals surface area contributed by atoms with Crippen molar-refractivity contribution in [3.8, 4) is 0 Å². The van der Waals surface area contributed by atoms with E-state index in [1.807, 2.05) is 0 Å². The summed E-state index contributed by atoms with van der Waals surface area (Å²) < 4.78 is 39.6. The summed E-state index contributed by atoms with van der Waals surface area (Å²) in [5, 5.41) is 0. The van der Waals surface area contributed by atoms with Crippen LogP contribution in [0.2, 0.25) is 0 Å². The maximum atomic E-state index is 13.6. The van der Waals surface area contributed by atoms with E-state index in [0.29, 0.717) is 0 Å². The Kier molecular flexibility index (Phi) is 4.48. The maximum Gasteiger partial charge on any atom is 0.162 e. The molecule has 2 aromatic rings. The van der Waals surface area contributed by atoms with Crippen LogP contribution in [0.15, 0.2) is 42.5 Å². The minimum atomic E-state index is -0.870. The molecule has 0 saturated heterocycles. The van der Waals surface area contributed by atoms with Gasteiger partial charge in [0.25, 0.3) is 0 Å². The van der Waals surface area contributed by atoms with E-state index in [1.165, 1.54) is 24.3 Å². The first kappa shape index (κ1) is 13.9. The van der Waals surface area contributed by atoms with Gasteiger partial charge in [-0.05, 0) is 35.7 Å². The summed E-state index contributed by atoms with van der Waals surface area (Å²) in [6, 6.07) is 9.95. The number of hydrogen-bond acceptors (Lipinski definition) is 0. The number of benzene rings is 2. The highest BCUT2D eigenvalue weighted by atomic mass is 35.5. The molecule has 2 aromatic carbocycles. The molecule has 2 rings (SSSR count). The summed E-state index contributed by atoms with van der Waals surface area (Å²) in [5.74, 6) is -1.99. The molecule has 0 aliphatic rings. The van der Waals surface area contributed by atoms with E-state index in [4.69, 9.17) is 11.6 Å². The Hall–Kier alpha value is -1.48. The van der Waals surface area contributed by atoms with Crippen molar-refractivity contribution in [2.45, 2.75) is 12.3 Å². The topological polar surface area (TPSA) is 0 Å². The molecule has 0 aliphatic carbocycles. The summed E-state index contributed by atoms with van der Waals surface area (Å²) in [7, 11) is 0. The van der Waals surface area contributed by atoms with E-state index in [-0.39, 0.29) is 29.6 Å². The van der Waals surface area contributed by atoms with Crippen LogP contribution in [0.4, 0.5) is 13.2 Å². The van der Waals surface area contributed by atoms with Gasteiger partial charge in [-0.1, -0.05) is 24.3 Å². The molecular formula is C15H12ClF3. The largest absolute Gasteiger partial charge is 0.207 e. The van der Waals surface area contributed by atoms with Crippen molar-refractivity contribution < 1.29 is 13.2 Å². The standard InChI is InChI=1S/C15H12ClF3/c16-9-12(10-4-6-13(17)7-5-10)8-11-2-1-3-14(18)15(11)19/h1-7,12H,8-9H2. The van der Waals surface area contributed by atoms with Crippen molar-refractivity contribution in [1.82, 2.24) is 0 Å². The van der Waals surface area contributed by atoms with Crippen LogP contribution in [0.1, 0.15) is 17.0 Å².